The molecule has 0 aromatic carbocycles. The van der Waals surface area contributed by atoms with Crippen molar-refractivity contribution in [3.63, 3.8) is 0 Å². The fraction of sp³-hybridized carbons (Fsp3) is 0.875. The summed E-state index contributed by atoms with van der Waals surface area (Å²) in [5, 5.41) is 0. The number of nitrogens with two attached hydrogens (primary N) is 1. The van der Waals surface area contributed by atoms with Crippen molar-refractivity contribution in [3.8, 4) is 0 Å². The van der Waals surface area contributed by atoms with Crippen molar-refractivity contribution >= 4 is 11.9 Å². The van der Waals surface area contributed by atoms with E-state index in [-0.39, 0.29) is 17.8 Å². The van der Waals surface area contributed by atoms with E-state index in [1.54, 1.807) is 0 Å². The molecule has 2 N–H and O–H groups in total. The molecule has 1 heterocycles. The molecule has 0 saturated carbocycles. The third kappa shape index (κ3) is 6.93. The predicted octanol–water partition coefficient (Wildman–Crippen LogP) is 2.09. The molecule has 0 aromatic heterocycles. The van der Waals surface area contributed by atoms with Gasteiger partial charge < -0.3 is 15.4 Å². The van der Waals surface area contributed by atoms with Gasteiger partial charge in [-0.25, -0.2) is 0 Å². The summed E-state index contributed by atoms with van der Waals surface area (Å²) in [6.45, 7) is 2.11. The van der Waals surface area contributed by atoms with Gasteiger partial charge in [-0.1, -0.05) is 38.5 Å². The van der Waals surface area contributed by atoms with Crippen LogP contribution in [0.5, 0.6) is 0 Å². The number of hydrogen-bond donors (Lipinski definition) is 1. The van der Waals surface area contributed by atoms with Gasteiger partial charge in [-0.15, -0.1) is 0 Å². The lowest BCUT2D eigenvalue weighted by Gasteiger charge is -2.15. The third-order valence-corrected chi connectivity index (χ3v) is 4.13. The topological polar surface area (TPSA) is 72.6 Å². The van der Waals surface area contributed by atoms with Crippen LogP contribution in [-0.2, 0) is 14.3 Å². The molecule has 5 heteroatoms. The summed E-state index contributed by atoms with van der Waals surface area (Å²) in [5.41, 5.74) is 5.46. The highest BCUT2D eigenvalue weighted by Crippen LogP contribution is 2.19. The Balaban J connectivity index is 2.00. The number of amides is 1. The summed E-state index contributed by atoms with van der Waals surface area (Å²) in [7, 11) is 1.38. The van der Waals surface area contributed by atoms with E-state index in [2.05, 4.69) is 0 Å². The molecule has 0 aliphatic carbocycles. The SMILES string of the molecule is COC(=O)C1CC(=O)N(CCCCCCCCCCN)C1. The Bertz CT molecular complexity index is 321. The van der Waals surface area contributed by atoms with Gasteiger partial charge in [0.2, 0.25) is 5.91 Å². The fourth-order valence-electron chi connectivity index (χ4n) is 2.82. The van der Waals surface area contributed by atoms with Crippen LogP contribution in [0.1, 0.15) is 57.8 Å². The van der Waals surface area contributed by atoms with Crippen LogP contribution in [0.2, 0.25) is 0 Å². The Morgan fingerprint density at radius 2 is 1.71 bits per heavy atom. The standard InChI is InChI=1S/C16H30N2O3/c1-21-16(20)14-12-15(19)18(13-14)11-9-7-5-3-2-4-6-8-10-17/h14H,2-13,17H2,1H3. The number of carbonyl (C=O) groups is 2. The van der Waals surface area contributed by atoms with Crippen molar-refractivity contribution in [1.29, 1.82) is 0 Å². The monoisotopic (exact) mass is 298 g/mol. The number of unbranched alkanes of at least 4 members (excludes halogenated alkanes) is 7. The molecule has 1 amide bonds. The molecule has 0 spiro atoms. The van der Waals surface area contributed by atoms with Gasteiger partial charge in [0.25, 0.3) is 0 Å². The van der Waals surface area contributed by atoms with Crippen molar-refractivity contribution in [2.75, 3.05) is 26.7 Å². The van der Waals surface area contributed by atoms with Crippen molar-refractivity contribution in [2.45, 2.75) is 57.8 Å². The zero-order chi connectivity index (χ0) is 15.5. The molecule has 0 aromatic rings. The van der Waals surface area contributed by atoms with Gasteiger partial charge in [-0.05, 0) is 19.4 Å². The summed E-state index contributed by atoms with van der Waals surface area (Å²) in [6, 6.07) is 0. The van der Waals surface area contributed by atoms with Crippen LogP contribution in [0.25, 0.3) is 0 Å². The number of nitrogens with zero attached hydrogens (tertiary/aromatic N) is 1. The molecule has 21 heavy (non-hydrogen) atoms. The number of hydrogen-bond acceptors (Lipinski definition) is 4. The highest BCUT2D eigenvalue weighted by atomic mass is 16.5. The maximum Gasteiger partial charge on any atom is 0.310 e. The van der Waals surface area contributed by atoms with Crippen LogP contribution in [0, 0.1) is 5.92 Å². The van der Waals surface area contributed by atoms with Crippen LogP contribution >= 0.6 is 0 Å². The van der Waals surface area contributed by atoms with Crippen LogP contribution in [0.15, 0.2) is 0 Å². The Morgan fingerprint density at radius 3 is 2.29 bits per heavy atom. The molecule has 0 radical (unpaired) electrons. The highest BCUT2D eigenvalue weighted by Gasteiger charge is 2.34. The number of ether oxygens (including phenoxy) is 1. The third-order valence-electron chi connectivity index (χ3n) is 4.13. The maximum atomic E-state index is 11.8. The molecule has 1 atom stereocenters. The molecular formula is C16H30N2O3. The lowest BCUT2D eigenvalue weighted by molar-refractivity contribution is -0.145. The largest absolute Gasteiger partial charge is 0.469 e. The first-order chi connectivity index (χ1) is 10.2. The molecule has 1 rings (SSSR count). The summed E-state index contributed by atoms with van der Waals surface area (Å²) in [5.74, 6) is -0.430. The van der Waals surface area contributed by atoms with Crippen molar-refractivity contribution < 1.29 is 14.3 Å². The zero-order valence-corrected chi connectivity index (χ0v) is 13.3. The number of esters is 1. The molecule has 0 bridgehead atoms. The summed E-state index contributed by atoms with van der Waals surface area (Å²) in [6.07, 6.45) is 9.94. The molecule has 1 aliphatic rings. The summed E-state index contributed by atoms with van der Waals surface area (Å²) in [4.78, 5) is 25.0. The predicted molar refractivity (Wildman–Crippen MR) is 82.7 cm³/mol. The van der Waals surface area contributed by atoms with E-state index in [0.29, 0.717) is 13.0 Å². The fourth-order valence-corrected chi connectivity index (χ4v) is 2.82. The Kier molecular flexibility index (Phi) is 9.06. The van der Waals surface area contributed by atoms with E-state index in [0.717, 1.165) is 32.4 Å². The lowest BCUT2D eigenvalue weighted by atomic mass is 10.1. The van der Waals surface area contributed by atoms with Crippen LogP contribution in [0.3, 0.4) is 0 Å². The summed E-state index contributed by atoms with van der Waals surface area (Å²) >= 11 is 0. The highest BCUT2D eigenvalue weighted by molar-refractivity contribution is 5.86. The van der Waals surface area contributed by atoms with E-state index >= 15 is 0 Å². The first-order valence-corrected chi connectivity index (χ1v) is 8.24. The molecule has 122 valence electrons. The molecule has 1 fully saturated rings. The number of methoxy groups -OCH3 is 1. The second-order valence-corrected chi connectivity index (χ2v) is 5.88. The summed E-state index contributed by atoms with van der Waals surface area (Å²) < 4.78 is 4.70. The normalized spacial score (nSPS) is 18.3. The molecular weight excluding hydrogens is 268 g/mol. The van der Waals surface area contributed by atoms with Gasteiger partial charge in [0.05, 0.1) is 13.0 Å². The molecule has 5 nitrogen and oxygen atoms in total. The molecule has 1 aliphatic heterocycles. The van der Waals surface area contributed by atoms with E-state index in [9.17, 15) is 9.59 Å². The average Bonchev–Trinajstić information content (AvgIpc) is 2.86. The number of carbonyl (C=O) groups excluding carboxylic acids is 2. The number of likely N-dealkylation sites (tertiary alicyclic amines) is 1. The molecule has 1 unspecified atom stereocenters. The Labute approximate surface area is 128 Å². The van der Waals surface area contributed by atoms with Gasteiger partial charge in [-0.3, -0.25) is 9.59 Å². The van der Waals surface area contributed by atoms with Gasteiger partial charge >= 0.3 is 5.97 Å². The molecule has 1 saturated heterocycles. The average molecular weight is 298 g/mol. The van der Waals surface area contributed by atoms with Crippen LogP contribution in [0.4, 0.5) is 0 Å². The van der Waals surface area contributed by atoms with E-state index in [1.165, 1.54) is 39.2 Å². The van der Waals surface area contributed by atoms with Gasteiger partial charge in [0.1, 0.15) is 0 Å². The van der Waals surface area contributed by atoms with E-state index in [1.807, 2.05) is 4.90 Å². The maximum absolute atomic E-state index is 11.8. The van der Waals surface area contributed by atoms with Crippen LogP contribution in [-0.4, -0.2) is 43.5 Å². The minimum absolute atomic E-state index is 0.0900. The quantitative estimate of drug-likeness (QED) is 0.468. The lowest BCUT2D eigenvalue weighted by Crippen LogP contribution is -2.27. The first-order valence-electron chi connectivity index (χ1n) is 8.24. The minimum Gasteiger partial charge on any atom is -0.469 e. The zero-order valence-electron chi connectivity index (χ0n) is 13.3. The minimum atomic E-state index is -0.261. The second-order valence-electron chi connectivity index (χ2n) is 5.88. The van der Waals surface area contributed by atoms with Gasteiger partial charge in [-0.2, -0.15) is 0 Å². The second kappa shape index (κ2) is 10.6. The Morgan fingerprint density at radius 1 is 1.14 bits per heavy atom. The van der Waals surface area contributed by atoms with Gasteiger partial charge in [0.15, 0.2) is 0 Å². The van der Waals surface area contributed by atoms with Crippen molar-refractivity contribution in [3.05, 3.63) is 0 Å². The van der Waals surface area contributed by atoms with E-state index < -0.39 is 0 Å². The van der Waals surface area contributed by atoms with Crippen LogP contribution < -0.4 is 5.73 Å². The smallest absolute Gasteiger partial charge is 0.310 e. The van der Waals surface area contributed by atoms with Crippen molar-refractivity contribution in [1.82, 2.24) is 4.90 Å². The van der Waals surface area contributed by atoms with Gasteiger partial charge in [0, 0.05) is 19.5 Å². The Hall–Kier alpha value is -1.10. The number of rotatable bonds is 11. The van der Waals surface area contributed by atoms with E-state index in [4.69, 9.17) is 10.5 Å². The first kappa shape index (κ1) is 18.0. The van der Waals surface area contributed by atoms with Crippen molar-refractivity contribution in [2.24, 2.45) is 11.7 Å².